The van der Waals surface area contributed by atoms with Gasteiger partial charge in [0.15, 0.2) is 17.3 Å². The van der Waals surface area contributed by atoms with Crippen molar-refractivity contribution in [1.29, 1.82) is 0 Å². The normalized spacial score (nSPS) is 15.5. The number of hydrogen-bond acceptors (Lipinski definition) is 5. The lowest BCUT2D eigenvalue weighted by Crippen LogP contribution is -2.34. The summed E-state index contributed by atoms with van der Waals surface area (Å²) in [7, 11) is 0. The standard InChI is InChI=1S/C21H18N2O5/c1-3-12-4-6-17-14(8-12)16(24)10-19(28-17)21(26)22-13-5-7-18-15(9-13)23-20(25)11(2)27-18/h4-11H,3H2,1-2H3,(H,22,26)(H,23,25)/t11-/m0/s1. The van der Waals surface area contributed by atoms with Crippen LogP contribution >= 0.6 is 0 Å². The Kier molecular flexibility index (Phi) is 4.35. The summed E-state index contributed by atoms with van der Waals surface area (Å²) in [5.41, 5.74) is 2.00. The van der Waals surface area contributed by atoms with Crippen LogP contribution in [-0.2, 0) is 11.2 Å². The molecule has 28 heavy (non-hydrogen) atoms. The van der Waals surface area contributed by atoms with Gasteiger partial charge in [0.05, 0.1) is 11.1 Å². The van der Waals surface area contributed by atoms with Gasteiger partial charge in [0, 0.05) is 11.8 Å². The summed E-state index contributed by atoms with van der Waals surface area (Å²) < 4.78 is 11.1. The van der Waals surface area contributed by atoms with E-state index in [0.717, 1.165) is 12.0 Å². The molecule has 1 aliphatic rings. The maximum atomic E-state index is 12.6. The van der Waals surface area contributed by atoms with E-state index in [2.05, 4.69) is 10.6 Å². The number of ether oxygens (including phenoxy) is 1. The molecule has 0 bridgehead atoms. The van der Waals surface area contributed by atoms with Gasteiger partial charge in [0.2, 0.25) is 0 Å². The second kappa shape index (κ2) is 6.84. The topological polar surface area (TPSA) is 97.6 Å². The largest absolute Gasteiger partial charge is 0.479 e. The highest BCUT2D eigenvalue weighted by Gasteiger charge is 2.24. The highest BCUT2D eigenvalue weighted by atomic mass is 16.5. The van der Waals surface area contributed by atoms with Crippen molar-refractivity contribution >= 4 is 34.2 Å². The Labute approximate surface area is 160 Å². The molecular formula is C21H18N2O5. The minimum absolute atomic E-state index is 0.0895. The van der Waals surface area contributed by atoms with E-state index in [-0.39, 0.29) is 17.1 Å². The molecule has 142 valence electrons. The molecule has 0 aliphatic carbocycles. The number of benzene rings is 2. The molecule has 0 saturated carbocycles. The number of carbonyl (C=O) groups excluding carboxylic acids is 2. The summed E-state index contributed by atoms with van der Waals surface area (Å²) in [6.45, 7) is 3.65. The lowest BCUT2D eigenvalue weighted by Gasteiger charge is -2.23. The molecule has 2 N–H and O–H groups in total. The van der Waals surface area contributed by atoms with Crippen LogP contribution < -0.4 is 20.8 Å². The van der Waals surface area contributed by atoms with Crippen molar-refractivity contribution < 1.29 is 18.7 Å². The third kappa shape index (κ3) is 3.22. The molecule has 3 aromatic rings. The molecule has 4 rings (SSSR count). The summed E-state index contributed by atoms with van der Waals surface area (Å²) in [5, 5.41) is 5.83. The van der Waals surface area contributed by atoms with Gasteiger partial charge in [-0.05, 0) is 49.2 Å². The van der Waals surface area contributed by atoms with E-state index >= 15 is 0 Å². The Morgan fingerprint density at radius 2 is 1.96 bits per heavy atom. The van der Waals surface area contributed by atoms with Crippen LogP contribution in [-0.4, -0.2) is 17.9 Å². The van der Waals surface area contributed by atoms with E-state index in [1.807, 2.05) is 13.0 Å². The minimum atomic E-state index is -0.576. The summed E-state index contributed by atoms with van der Waals surface area (Å²) in [5.74, 6) is -0.389. The molecule has 1 atom stereocenters. The zero-order chi connectivity index (χ0) is 19.8. The van der Waals surface area contributed by atoms with Crippen LogP contribution in [0.4, 0.5) is 11.4 Å². The van der Waals surface area contributed by atoms with E-state index in [1.165, 1.54) is 6.07 Å². The first-order chi connectivity index (χ1) is 13.4. The van der Waals surface area contributed by atoms with Crippen LogP contribution in [0.1, 0.15) is 30.0 Å². The van der Waals surface area contributed by atoms with Crippen LogP contribution in [0, 0.1) is 0 Å². The van der Waals surface area contributed by atoms with Crippen LogP contribution in [0.25, 0.3) is 11.0 Å². The predicted octanol–water partition coefficient (Wildman–Crippen LogP) is 3.33. The summed E-state index contributed by atoms with van der Waals surface area (Å²) in [6.07, 6.45) is 0.225. The van der Waals surface area contributed by atoms with Crippen molar-refractivity contribution in [3.05, 3.63) is 64.0 Å². The molecule has 0 spiro atoms. The lowest BCUT2D eigenvalue weighted by atomic mass is 10.1. The van der Waals surface area contributed by atoms with E-state index in [1.54, 1.807) is 37.3 Å². The van der Waals surface area contributed by atoms with E-state index in [9.17, 15) is 14.4 Å². The van der Waals surface area contributed by atoms with Gasteiger partial charge in [0.25, 0.3) is 11.8 Å². The van der Waals surface area contributed by atoms with Gasteiger partial charge in [-0.25, -0.2) is 0 Å². The number of carbonyl (C=O) groups is 2. The van der Waals surface area contributed by atoms with Crippen molar-refractivity contribution in [1.82, 2.24) is 0 Å². The molecule has 1 aromatic heterocycles. The van der Waals surface area contributed by atoms with Crippen LogP contribution in [0.3, 0.4) is 0 Å². The first kappa shape index (κ1) is 17.8. The third-order valence-electron chi connectivity index (χ3n) is 4.59. The monoisotopic (exact) mass is 378 g/mol. The molecule has 2 amide bonds. The quantitative estimate of drug-likeness (QED) is 0.729. The number of nitrogens with one attached hydrogen (secondary N) is 2. The lowest BCUT2D eigenvalue weighted by molar-refractivity contribution is -0.122. The number of hydrogen-bond donors (Lipinski definition) is 2. The van der Waals surface area contributed by atoms with Crippen LogP contribution in [0.5, 0.6) is 5.75 Å². The Balaban J connectivity index is 1.61. The van der Waals surface area contributed by atoms with Gasteiger partial charge < -0.3 is 19.8 Å². The Morgan fingerprint density at radius 1 is 1.14 bits per heavy atom. The number of amides is 2. The zero-order valence-electron chi connectivity index (χ0n) is 15.4. The predicted molar refractivity (Wildman–Crippen MR) is 105 cm³/mol. The molecule has 7 heteroatoms. The van der Waals surface area contributed by atoms with E-state index < -0.39 is 12.0 Å². The second-order valence-corrected chi connectivity index (χ2v) is 6.57. The highest BCUT2D eigenvalue weighted by molar-refractivity contribution is 6.04. The number of anilines is 2. The highest BCUT2D eigenvalue weighted by Crippen LogP contribution is 2.32. The maximum Gasteiger partial charge on any atom is 0.291 e. The molecule has 2 heterocycles. The van der Waals surface area contributed by atoms with E-state index in [0.29, 0.717) is 28.1 Å². The average molecular weight is 378 g/mol. The first-order valence-electron chi connectivity index (χ1n) is 8.94. The van der Waals surface area contributed by atoms with Crippen molar-refractivity contribution in [3.8, 4) is 5.75 Å². The fourth-order valence-electron chi connectivity index (χ4n) is 3.01. The molecular weight excluding hydrogens is 360 g/mol. The van der Waals surface area contributed by atoms with Crippen LogP contribution in [0.2, 0.25) is 0 Å². The van der Waals surface area contributed by atoms with Gasteiger partial charge in [0.1, 0.15) is 11.3 Å². The molecule has 1 aliphatic heterocycles. The molecule has 0 unspecified atom stereocenters. The van der Waals surface area contributed by atoms with Gasteiger partial charge in [-0.2, -0.15) is 0 Å². The van der Waals surface area contributed by atoms with Crippen LogP contribution in [0.15, 0.2) is 51.7 Å². The second-order valence-electron chi connectivity index (χ2n) is 6.57. The third-order valence-corrected chi connectivity index (χ3v) is 4.59. The van der Waals surface area contributed by atoms with Crippen molar-refractivity contribution in [2.75, 3.05) is 10.6 Å². The fraction of sp³-hybridized carbons (Fsp3) is 0.190. The first-order valence-corrected chi connectivity index (χ1v) is 8.94. The summed E-state index contributed by atoms with van der Waals surface area (Å²) >= 11 is 0. The number of fused-ring (bicyclic) bond motifs is 2. The maximum absolute atomic E-state index is 12.6. The van der Waals surface area contributed by atoms with Crippen molar-refractivity contribution in [3.63, 3.8) is 0 Å². The molecule has 7 nitrogen and oxygen atoms in total. The average Bonchev–Trinajstić information content (AvgIpc) is 2.68. The Morgan fingerprint density at radius 3 is 2.75 bits per heavy atom. The summed E-state index contributed by atoms with van der Waals surface area (Å²) in [6, 6.07) is 11.4. The van der Waals surface area contributed by atoms with E-state index in [4.69, 9.17) is 9.15 Å². The molecule has 2 aromatic carbocycles. The Hall–Kier alpha value is -3.61. The molecule has 0 radical (unpaired) electrons. The SMILES string of the molecule is CCc1ccc2oc(C(=O)Nc3ccc4c(c3)NC(=O)[C@H](C)O4)cc(=O)c2c1. The van der Waals surface area contributed by atoms with Gasteiger partial charge in [-0.15, -0.1) is 0 Å². The molecule has 0 fully saturated rings. The Bertz CT molecular complexity index is 1170. The molecule has 0 saturated heterocycles. The van der Waals surface area contributed by atoms with Crippen molar-refractivity contribution in [2.45, 2.75) is 26.4 Å². The zero-order valence-corrected chi connectivity index (χ0v) is 15.4. The number of aryl methyl sites for hydroxylation is 1. The minimum Gasteiger partial charge on any atom is -0.479 e. The number of rotatable bonds is 3. The van der Waals surface area contributed by atoms with Gasteiger partial charge >= 0.3 is 0 Å². The van der Waals surface area contributed by atoms with Gasteiger partial charge in [-0.1, -0.05) is 13.0 Å². The van der Waals surface area contributed by atoms with Gasteiger partial charge in [-0.3, -0.25) is 14.4 Å². The smallest absolute Gasteiger partial charge is 0.291 e. The fourth-order valence-corrected chi connectivity index (χ4v) is 3.01. The van der Waals surface area contributed by atoms with Crippen molar-refractivity contribution in [2.24, 2.45) is 0 Å². The summed E-state index contributed by atoms with van der Waals surface area (Å²) in [4.78, 5) is 36.7.